The lowest BCUT2D eigenvalue weighted by molar-refractivity contribution is -0.110. The van der Waals surface area contributed by atoms with Gasteiger partial charge in [0.05, 0.1) is 11.3 Å². The summed E-state index contributed by atoms with van der Waals surface area (Å²) in [6.07, 6.45) is 3.88. The molecule has 0 bridgehead atoms. The summed E-state index contributed by atoms with van der Waals surface area (Å²) in [5.41, 5.74) is 7.31. The highest BCUT2D eigenvalue weighted by atomic mass is 16.2. The van der Waals surface area contributed by atoms with Crippen LogP contribution in [0.25, 0.3) is 11.3 Å². The number of hydrogen-bond donors (Lipinski definition) is 3. The third kappa shape index (κ3) is 6.23. The van der Waals surface area contributed by atoms with Gasteiger partial charge in [0.25, 0.3) is 11.8 Å². The second-order valence-electron chi connectivity index (χ2n) is 10.7. The lowest BCUT2D eigenvalue weighted by Crippen LogP contribution is -2.29. The molecule has 3 N–H and O–H groups in total. The molecule has 1 fully saturated rings. The SMILES string of the molecule is O=C1Nc2cc(C(=O)NCc3ccccc3)ccc2/C1=C(/Nc1ccc(CN2CCCCC2)cc1)c1ccccc1. The van der Waals surface area contributed by atoms with Crippen molar-refractivity contribution in [2.75, 3.05) is 23.7 Å². The number of anilines is 2. The van der Waals surface area contributed by atoms with Crippen molar-refractivity contribution in [2.45, 2.75) is 32.4 Å². The number of nitrogens with one attached hydrogen (secondary N) is 3. The molecule has 0 saturated carbocycles. The molecule has 0 aromatic heterocycles. The standard InChI is InChI=1S/C35H34N4O2/c40-34(36-23-25-10-4-1-5-11-25)28-16-19-30-31(22-28)38-35(41)32(30)33(27-12-6-2-7-13-27)37-29-17-14-26(15-18-29)24-39-20-8-3-9-21-39/h1-2,4-7,10-19,22,37H,3,8-9,20-21,23-24H2,(H,36,40)(H,38,41)/b33-32-. The van der Waals surface area contributed by atoms with Crippen molar-refractivity contribution in [3.8, 4) is 0 Å². The number of carbonyl (C=O) groups is 2. The summed E-state index contributed by atoms with van der Waals surface area (Å²) in [7, 11) is 0. The monoisotopic (exact) mass is 542 g/mol. The predicted octanol–water partition coefficient (Wildman–Crippen LogP) is 6.54. The van der Waals surface area contributed by atoms with Crippen LogP contribution in [0.4, 0.5) is 11.4 Å². The fourth-order valence-electron chi connectivity index (χ4n) is 5.54. The van der Waals surface area contributed by atoms with E-state index in [1.165, 1.54) is 24.8 Å². The summed E-state index contributed by atoms with van der Waals surface area (Å²) in [5.74, 6) is -0.385. The minimum absolute atomic E-state index is 0.186. The normalized spacial score (nSPS) is 16.0. The molecule has 2 aliphatic heterocycles. The van der Waals surface area contributed by atoms with Crippen LogP contribution in [0.1, 0.15) is 51.9 Å². The van der Waals surface area contributed by atoms with Crippen LogP contribution >= 0.6 is 0 Å². The van der Waals surface area contributed by atoms with Crippen LogP contribution < -0.4 is 16.0 Å². The lowest BCUT2D eigenvalue weighted by Gasteiger charge is -2.26. The number of amides is 2. The third-order valence-corrected chi connectivity index (χ3v) is 7.71. The largest absolute Gasteiger partial charge is 0.354 e. The number of fused-ring (bicyclic) bond motifs is 1. The fourth-order valence-corrected chi connectivity index (χ4v) is 5.54. The predicted molar refractivity (Wildman–Crippen MR) is 165 cm³/mol. The maximum Gasteiger partial charge on any atom is 0.258 e. The van der Waals surface area contributed by atoms with Crippen molar-refractivity contribution in [3.05, 3.63) is 131 Å². The van der Waals surface area contributed by atoms with Crippen molar-refractivity contribution in [1.29, 1.82) is 0 Å². The maximum absolute atomic E-state index is 13.4. The lowest BCUT2D eigenvalue weighted by atomic mass is 9.98. The Bertz CT molecular complexity index is 1560. The van der Waals surface area contributed by atoms with Crippen LogP contribution in [0.15, 0.2) is 103 Å². The maximum atomic E-state index is 13.4. The first kappa shape index (κ1) is 26.5. The molecule has 41 heavy (non-hydrogen) atoms. The minimum atomic E-state index is -0.199. The Morgan fingerprint density at radius 3 is 2.20 bits per heavy atom. The van der Waals surface area contributed by atoms with Crippen molar-refractivity contribution in [1.82, 2.24) is 10.2 Å². The van der Waals surface area contributed by atoms with Crippen molar-refractivity contribution >= 4 is 34.5 Å². The molecule has 0 atom stereocenters. The van der Waals surface area contributed by atoms with E-state index in [0.29, 0.717) is 23.4 Å². The Kier molecular flexibility index (Phi) is 7.92. The summed E-state index contributed by atoms with van der Waals surface area (Å²) >= 11 is 0. The first-order valence-corrected chi connectivity index (χ1v) is 14.3. The highest BCUT2D eigenvalue weighted by molar-refractivity contribution is 6.37. The summed E-state index contributed by atoms with van der Waals surface area (Å²) in [6.45, 7) is 3.72. The first-order valence-electron chi connectivity index (χ1n) is 14.3. The Balaban J connectivity index is 1.26. The molecule has 0 spiro atoms. The number of carbonyl (C=O) groups excluding carboxylic acids is 2. The molecule has 2 aliphatic rings. The molecule has 6 nitrogen and oxygen atoms in total. The van der Waals surface area contributed by atoms with Gasteiger partial charge in [-0.05, 0) is 66.9 Å². The fraction of sp³-hybridized carbons (Fsp3) is 0.200. The molecule has 4 aromatic rings. The van der Waals surface area contributed by atoms with Crippen LogP contribution in [-0.2, 0) is 17.9 Å². The van der Waals surface area contributed by atoms with Crippen LogP contribution in [0, 0.1) is 0 Å². The van der Waals surface area contributed by atoms with Gasteiger partial charge in [0.15, 0.2) is 0 Å². The van der Waals surface area contributed by atoms with Gasteiger partial charge in [0.1, 0.15) is 0 Å². The Hall–Kier alpha value is -4.68. The van der Waals surface area contributed by atoms with Crippen LogP contribution in [-0.4, -0.2) is 29.8 Å². The topological polar surface area (TPSA) is 73.5 Å². The molecular formula is C35H34N4O2. The smallest absolute Gasteiger partial charge is 0.258 e. The van der Waals surface area contributed by atoms with E-state index in [9.17, 15) is 9.59 Å². The first-order chi connectivity index (χ1) is 20.1. The Morgan fingerprint density at radius 1 is 0.756 bits per heavy atom. The van der Waals surface area contributed by atoms with E-state index in [0.717, 1.165) is 47.7 Å². The highest BCUT2D eigenvalue weighted by Crippen LogP contribution is 2.38. The van der Waals surface area contributed by atoms with Crippen LogP contribution in [0.3, 0.4) is 0 Å². The number of nitrogens with zero attached hydrogens (tertiary/aromatic N) is 1. The van der Waals surface area contributed by atoms with Crippen LogP contribution in [0.5, 0.6) is 0 Å². The van der Waals surface area contributed by atoms with Gasteiger partial charge in [0, 0.05) is 35.6 Å². The van der Waals surface area contributed by atoms with Gasteiger partial charge in [-0.25, -0.2) is 0 Å². The second-order valence-corrected chi connectivity index (χ2v) is 10.7. The van der Waals surface area contributed by atoms with Gasteiger partial charge in [-0.2, -0.15) is 0 Å². The van der Waals surface area contributed by atoms with Crippen molar-refractivity contribution < 1.29 is 9.59 Å². The van der Waals surface area contributed by atoms with E-state index in [4.69, 9.17) is 0 Å². The molecule has 2 amide bonds. The zero-order chi connectivity index (χ0) is 28.0. The van der Waals surface area contributed by atoms with E-state index >= 15 is 0 Å². The number of rotatable bonds is 8. The van der Waals surface area contributed by atoms with E-state index in [1.54, 1.807) is 12.1 Å². The molecule has 0 aliphatic carbocycles. The average Bonchev–Trinajstić information content (AvgIpc) is 3.35. The third-order valence-electron chi connectivity index (χ3n) is 7.71. The Labute approximate surface area is 241 Å². The molecule has 6 rings (SSSR count). The van der Waals surface area contributed by atoms with Gasteiger partial charge >= 0.3 is 0 Å². The van der Waals surface area contributed by atoms with E-state index < -0.39 is 0 Å². The summed E-state index contributed by atoms with van der Waals surface area (Å²) in [5, 5.41) is 9.49. The molecule has 4 aromatic carbocycles. The van der Waals surface area contributed by atoms with Crippen LogP contribution in [0.2, 0.25) is 0 Å². The molecule has 1 saturated heterocycles. The summed E-state index contributed by atoms with van der Waals surface area (Å²) in [6, 6.07) is 33.5. The van der Waals surface area contributed by atoms with Crippen molar-refractivity contribution in [3.63, 3.8) is 0 Å². The number of piperidine rings is 1. The molecule has 6 heteroatoms. The van der Waals surface area contributed by atoms with Crippen molar-refractivity contribution in [2.24, 2.45) is 0 Å². The summed E-state index contributed by atoms with van der Waals surface area (Å²) < 4.78 is 0. The zero-order valence-corrected chi connectivity index (χ0v) is 23.0. The van der Waals surface area contributed by atoms with E-state index in [1.807, 2.05) is 66.7 Å². The minimum Gasteiger partial charge on any atom is -0.354 e. The second kappa shape index (κ2) is 12.2. The highest BCUT2D eigenvalue weighted by Gasteiger charge is 2.29. The molecule has 0 radical (unpaired) electrons. The number of likely N-dealkylation sites (tertiary alicyclic amines) is 1. The van der Waals surface area contributed by atoms with Gasteiger partial charge in [-0.15, -0.1) is 0 Å². The average molecular weight is 543 g/mol. The van der Waals surface area contributed by atoms with Gasteiger partial charge in [-0.1, -0.05) is 85.3 Å². The van der Waals surface area contributed by atoms with Gasteiger partial charge in [0.2, 0.25) is 0 Å². The molecule has 0 unspecified atom stereocenters. The summed E-state index contributed by atoms with van der Waals surface area (Å²) in [4.78, 5) is 28.8. The quantitative estimate of drug-likeness (QED) is 0.221. The molecule has 2 heterocycles. The number of benzene rings is 4. The zero-order valence-electron chi connectivity index (χ0n) is 23.0. The van der Waals surface area contributed by atoms with Gasteiger partial charge < -0.3 is 16.0 Å². The van der Waals surface area contributed by atoms with E-state index in [2.05, 4.69) is 45.1 Å². The molecular weight excluding hydrogens is 508 g/mol. The van der Waals surface area contributed by atoms with E-state index in [-0.39, 0.29) is 11.8 Å². The molecule has 206 valence electrons. The number of hydrogen-bond acceptors (Lipinski definition) is 4. The Morgan fingerprint density at radius 2 is 1.46 bits per heavy atom. The van der Waals surface area contributed by atoms with Gasteiger partial charge in [-0.3, -0.25) is 14.5 Å².